The zero-order valence-electron chi connectivity index (χ0n) is 10.6. The van der Waals surface area contributed by atoms with Crippen molar-refractivity contribution in [2.45, 2.75) is 13.0 Å². The first-order valence-corrected chi connectivity index (χ1v) is 5.93. The Morgan fingerprint density at radius 2 is 1.90 bits per heavy atom. The van der Waals surface area contributed by atoms with E-state index in [0.717, 1.165) is 12.1 Å². The van der Waals surface area contributed by atoms with Crippen molar-refractivity contribution in [2.24, 2.45) is 0 Å². The molecule has 5 heteroatoms. The van der Waals surface area contributed by atoms with Crippen LogP contribution in [0, 0.1) is 28.8 Å². The summed E-state index contributed by atoms with van der Waals surface area (Å²) >= 11 is 0. The molecule has 102 valence electrons. The Hall–Kier alpha value is -2.48. The summed E-state index contributed by atoms with van der Waals surface area (Å²) in [7, 11) is 0. The maximum absolute atomic E-state index is 13.7. The van der Waals surface area contributed by atoms with Gasteiger partial charge >= 0.3 is 0 Å². The maximum atomic E-state index is 13.7. The first-order valence-electron chi connectivity index (χ1n) is 5.93. The molecule has 2 aromatic carbocycles. The van der Waals surface area contributed by atoms with Crippen LogP contribution in [0.4, 0.5) is 18.9 Å². The summed E-state index contributed by atoms with van der Waals surface area (Å²) in [4.78, 5) is 0. The van der Waals surface area contributed by atoms with E-state index in [1.807, 2.05) is 6.07 Å². The number of anilines is 1. The standard InChI is InChI=1S/C15H11F3N2/c1-9(12-3-2-4-13(17)15(12)18)20-14-6-5-11(16)7-10(14)8-19/h2-7,9,20H,1H3. The molecule has 0 spiro atoms. The number of nitrogens with zero attached hydrogens (tertiary/aromatic N) is 1. The van der Waals surface area contributed by atoms with E-state index in [-0.39, 0.29) is 11.1 Å². The minimum Gasteiger partial charge on any atom is -0.377 e. The molecular weight excluding hydrogens is 265 g/mol. The van der Waals surface area contributed by atoms with Crippen molar-refractivity contribution in [1.29, 1.82) is 5.26 Å². The van der Waals surface area contributed by atoms with Gasteiger partial charge in [-0.05, 0) is 31.2 Å². The average molecular weight is 276 g/mol. The molecule has 2 nitrogen and oxygen atoms in total. The van der Waals surface area contributed by atoms with Crippen LogP contribution >= 0.6 is 0 Å². The van der Waals surface area contributed by atoms with Crippen LogP contribution in [0.25, 0.3) is 0 Å². The Bertz CT molecular complexity index is 677. The van der Waals surface area contributed by atoms with Crippen LogP contribution in [0.3, 0.4) is 0 Å². The quantitative estimate of drug-likeness (QED) is 0.914. The minimum atomic E-state index is -0.937. The smallest absolute Gasteiger partial charge is 0.164 e. The van der Waals surface area contributed by atoms with Gasteiger partial charge in [0.15, 0.2) is 11.6 Å². The first kappa shape index (κ1) is 13.9. The third-order valence-corrected chi connectivity index (χ3v) is 2.92. The van der Waals surface area contributed by atoms with Crippen LogP contribution in [-0.2, 0) is 0 Å². The summed E-state index contributed by atoms with van der Waals surface area (Å²) in [6.45, 7) is 1.63. The summed E-state index contributed by atoms with van der Waals surface area (Å²) < 4.78 is 39.9. The van der Waals surface area contributed by atoms with Crippen LogP contribution in [0.1, 0.15) is 24.1 Å². The van der Waals surface area contributed by atoms with E-state index in [0.29, 0.717) is 5.69 Å². The molecule has 20 heavy (non-hydrogen) atoms. The van der Waals surface area contributed by atoms with Gasteiger partial charge < -0.3 is 5.32 Å². The molecule has 0 radical (unpaired) electrons. The zero-order valence-corrected chi connectivity index (χ0v) is 10.6. The Morgan fingerprint density at radius 3 is 2.60 bits per heavy atom. The van der Waals surface area contributed by atoms with Gasteiger partial charge in [-0.15, -0.1) is 0 Å². The summed E-state index contributed by atoms with van der Waals surface area (Å²) in [6, 6.07) is 8.83. The molecule has 2 aromatic rings. The lowest BCUT2D eigenvalue weighted by Gasteiger charge is -2.17. The van der Waals surface area contributed by atoms with E-state index >= 15 is 0 Å². The Kier molecular flexibility index (Phi) is 3.94. The molecule has 0 saturated carbocycles. The fourth-order valence-electron chi connectivity index (χ4n) is 1.90. The number of benzene rings is 2. The number of nitriles is 1. The zero-order chi connectivity index (χ0) is 14.7. The van der Waals surface area contributed by atoms with E-state index in [1.54, 1.807) is 6.92 Å². The van der Waals surface area contributed by atoms with Crippen molar-refractivity contribution in [3.8, 4) is 6.07 Å². The fraction of sp³-hybridized carbons (Fsp3) is 0.133. The Labute approximate surface area is 114 Å². The molecule has 1 atom stereocenters. The van der Waals surface area contributed by atoms with Crippen molar-refractivity contribution in [3.63, 3.8) is 0 Å². The highest BCUT2D eigenvalue weighted by Crippen LogP contribution is 2.25. The lowest BCUT2D eigenvalue weighted by molar-refractivity contribution is 0.494. The third-order valence-electron chi connectivity index (χ3n) is 2.92. The fourth-order valence-corrected chi connectivity index (χ4v) is 1.90. The van der Waals surface area contributed by atoms with Gasteiger partial charge in [0.05, 0.1) is 17.3 Å². The van der Waals surface area contributed by atoms with Crippen molar-refractivity contribution in [2.75, 3.05) is 5.32 Å². The van der Waals surface area contributed by atoms with Crippen molar-refractivity contribution >= 4 is 5.69 Å². The molecule has 0 fully saturated rings. The molecule has 2 rings (SSSR count). The van der Waals surface area contributed by atoms with Crippen molar-refractivity contribution in [1.82, 2.24) is 0 Å². The van der Waals surface area contributed by atoms with Crippen LogP contribution in [0.5, 0.6) is 0 Å². The van der Waals surface area contributed by atoms with E-state index < -0.39 is 23.5 Å². The largest absolute Gasteiger partial charge is 0.377 e. The minimum absolute atomic E-state index is 0.105. The Morgan fingerprint density at radius 1 is 1.15 bits per heavy atom. The van der Waals surface area contributed by atoms with Gasteiger partial charge in [-0.1, -0.05) is 12.1 Å². The highest BCUT2D eigenvalue weighted by molar-refractivity contribution is 5.58. The molecule has 0 saturated heterocycles. The van der Waals surface area contributed by atoms with Gasteiger partial charge in [0.1, 0.15) is 11.9 Å². The van der Waals surface area contributed by atoms with Gasteiger partial charge in [0.2, 0.25) is 0 Å². The average Bonchev–Trinajstić information content (AvgIpc) is 2.43. The highest BCUT2D eigenvalue weighted by Gasteiger charge is 2.15. The maximum Gasteiger partial charge on any atom is 0.164 e. The normalized spacial score (nSPS) is 11.8. The SMILES string of the molecule is CC(Nc1ccc(F)cc1C#N)c1cccc(F)c1F. The molecular formula is C15H11F3N2. The second-order valence-corrected chi connectivity index (χ2v) is 4.31. The second-order valence-electron chi connectivity index (χ2n) is 4.31. The molecule has 0 aliphatic carbocycles. The topological polar surface area (TPSA) is 35.8 Å². The first-order chi connectivity index (χ1) is 9.52. The van der Waals surface area contributed by atoms with E-state index in [2.05, 4.69) is 5.32 Å². The number of rotatable bonds is 3. The molecule has 0 aliphatic rings. The highest BCUT2D eigenvalue weighted by atomic mass is 19.2. The molecule has 0 aromatic heterocycles. The van der Waals surface area contributed by atoms with Crippen LogP contribution < -0.4 is 5.32 Å². The van der Waals surface area contributed by atoms with Gasteiger partial charge in [-0.2, -0.15) is 5.26 Å². The van der Waals surface area contributed by atoms with Crippen LogP contribution in [0.15, 0.2) is 36.4 Å². The summed E-state index contributed by atoms with van der Waals surface area (Å²) in [6.07, 6.45) is 0. The molecule has 0 amide bonds. The third kappa shape index (κ3) is 2.75. The predicted octanol–water partition coefficient (Wildman–Crippen LogP) is 4.15. The number of hydrogen-bond donors (Lipinski definition) is 1. The molecule has 0 heterocycles. The predicted molar refractivity (Wildman–Crippen MR) is 69.5 cm³/mol. The van der Waals surface area contributed by atoms with E-state index in [4.69, 9.17) is 5.26 Å². The van der Waals surface area contributed by atoms with Gasteiger partial charge in [-0.25, -0.2) is 13.2 Å². The summed E-state index contributed by atoms with van der Waals surface area (Å²) in [5.74, 6) is -2.40. The van der Waals surface area contributed by atoms with Crippen LogP contribution in [-0.4, -0.2) is 0 Å². The Balaban J connectivity index is 2.31. The van der Waals surface area contributed by atoms with E-state index in [1.165, 1.54) is 24.3 Å². The number of nitrogens with one attached hydrogen (secondary N) is 1. The number of hydrogen-bond acceptors (Lipinski definition) is 2. The van der Waals surface area contributed by atoms with Crippen molar-refractivity contribution < 1.29 is 13.2 Å². The number of halogens is 3. The van der Waals surface area contributed by atoms with Crippen LogP contribution in [0.2, 0.25) is 0 Å². The van der Waals surface area contributed by atoms with Gasteiger partial charge in [0.25, 0.3) is 0 Å². The molecule has 0 aliphatic heterocycles. The lowest BCUT2D eigenvalue weighted by atomic mass is 10.1. The molecule has 1 unspecified atom stereocenters. The van der Waals surface area contributed by atoms with Gasteiger partial charge in [0, 0.05) is 5.56 Å². The van der Waals surface area contributed by atoms with E-state index in [9.17, 15) is 13.2 Å². The summed E-state index contributed by atoms with van der Waals surface area (Å²) in [5, 5.41) is 11.8. The molecule has 1 N–H and O–H groups in total. The lowest BCUT2D eigenvalue weighted by Crippen LogP contribution is -2.10. The van der Waals surface area contributed by atoms with Gasteiger partial charge in [-0.3, -0.25) is 0 Å². The monoisotopic (exact) mass is 276 g/mol. The molecule has 0 bridgehead atoms. The second kappa shape index (κ2) is 5.66. The van der Waals surface area contributed by atoms with Crippen molar-refractivity contribution in [3.05, 3.63) is 65.0 Å². The summed E-state index contributed by atoms with van der Waals surface area (Å²) in [5.41, 5.74) is 0.608.